The molecular weight excluding hydrogens is 278 g/mol. The van der Waals surface area contributed by atoms with Crippen LogP contribution >= 0.6 is 0 Å². The number of likely N-dealkylation sites (N-methyl/N-ethyl adjacent to an activating group) is 1. The summed E-state index contributed by atoms with van der Waals surface area (Å²) in [6.07, 6.45) is 1.15. The number of amides is 2. The molecule has 118 valence electrons. The Morgan fingerprint density at radius 1 is 1.33 bits per heavy atom. The van der Waals surface area contributed by atoms with Crippen molar-refractivity contribution in [1.82, 2.24) is 10.2 Å². The molecule has 2 N–H and O–H groups in total. The minimum absolute atomic E-state index is 0.104. The maximum atomic E-state index is 13.1. The number of halogens is 2. The van der Waals surface area contributed by atoms with E-state index in [2.05, 4.69) is 5.32 Å². The third kappa shape index (κ3) is 5.30. The molecule has 0 bridgehead atoms. The van der Waals surface area contributed by atoms with Crippen molar-refractivity contribution in [2.24, 2.45) is 0 Å². The fourth-order valence-electron chi connectivity index (χ4n) is 1.79. The summed E-state index contributed by atoms with van der Waals surface area (Å²) in [7, 11) is 1.61. The smallest absolute Gasteiger partial charge is 0.317 e. The number of aliphatic hydroxyl groups excluding tert-OH is 1. The number of nitrogens with zero attached hydrogens (tertiary/aromatic N) is 1. The van der Waals surface area contributed by atoms with Crippen LogP contribution in [-0.4, -0.2) is 41.8 Å². The van der Waals surface area contributed by atoms with Crippen LogP contribution in [0.2, 0.25) is 0 Å². The van der Waals surface area contributed by atoms with Crippen molar-refractivity contribution in [1.29, 1.82) is 0 Å². The first kappa shape index (κ1) is 17.4. The number of urea groups is 1. The van der Waals surface area contributed by atoms with Crippen molar-refractivity contribution in [2.45, 2.75) is 38.8 Å². The van der Waals surface area contributed by atoms with E-state index in [1.807, 2.05) is 6.92 Å². The first-order valence-corrected chi connectivity index (χ1v) is 6.93. The van der Waals surface area contributed by atoms with Crippen LogP contribution in [0, 0.1) is 11.6 Å². The lowest BCUT2D eigenvalue weighted by Crippen LogP contribution is -2.46. The molecule has 0 spiro atoms. The zero-order valence-electron chi connectivity index (χ0n) is 12.6. The van der Waals surface area contributed by atoms with E-state index < -0.39 is 11.6 Å². The molecule has 2 amide bonds. The van der Waals surface area contributed by atoms with Crippen molar-refractivity contribution in [3.63, 3.8) is 0 Å². The van der Waals surface area contributed by atoms with E-state index in [-0.39, 0.29) is 24.7 Å². The summed E-state index contributed by atoms with van der Waals surface area (Å²) in [6.45, 7) is 3.48. The number of nitrogens with one attached hydrogen (secondary N) is 1. The van der Waals surface area contributed by atoms with Crippen LogP contribution < -0.4 is 5.32 Å². The molecule has 0 aliphatic heterocycles. The number of aliphatic hydroxyl groups is 1. The second-order valence-electron chi connectivity index (χ2n) is 5.28. The predicted octanol–water partition coefficient (Wildman–Crippen LogP) is 2.31. The Morgan fingerprint density at radius 3 is 2.57 bits per heavy atom. The number of carbonyl (C=O) groups excluding carboxylic acids is 1. The molecule has 6 heteroatoms. The van der Waals surface area contributed by atoms with E-state index in [1.165, 1.54) is 17.0 Å². The summed E-state index contributed by atoms with van der Waals surface area (Å²) in [5.41, 5.74) is 0.687. The molecule has 1 aromatic carbocycles. The zero-order chi connectivity index (χ0) is 16.0. The first-order chi connectivity index (χ1) is 9.85. The van der Waals surface area contributed by atoms with Crippen LogP contribution in [0.1, 0.15) is 25.8 Å². The quantitative estimate of drug-likeness (QED) is 0.847. The van der Waals surface area contributed by atoms with Crippen LogP contribution in [0.4, 0.5) is 13.6 Å². The predicted molar refractivity (Wildman–Crippen MR) is 77.0 cm³/mol. The molecule has 1 rings (SSSR count). The highest BCUT2D eigenvalue weighted by atomic mass is 19.2. The molecule has 0 aliphatic rings. The Balaban J connectivity index is 2.45. The van der Waals surface area contributed by atoms with Gasteiger partial charge in [-0.25, -0.2) is 13.6 Å². The van der Waals surface area contributed by atoms with Gasteiger partial charge in [0.25, 0.3) is 0 Å². The summed E-state index contributed by atoms with van der Waals surface area (Å²) in [5.74, 6) is -1.72. The van der Waals surface area contributed by atoms with E-state index in [4.69, 9.17) is 5.11 Å². The van der Waals surface area contributed by atoms with Gasteiger partial charge in [-0.1, -0.05) is 6.07 Å². The molecule has 0 radical (unpaired) electrons. The maximum Gasteiger partial charge on any atom is 0.317 e. The molecular formula is C15H22F2N2O2. The Hall–Kier alpha value is -1.69. The molecule has 2 atom stereocenters. The van der Waals surface area contributed by atoms with Crippen LogP contribution in [0.3, 0.4) is 0 Å². The van der Waals surface area contributed by atoms with Crippen molar-refractivity contribution in [2.75, 3.05) is 13.7 Å². The van der Waals surface area contributed by atoms with Crippen molar-refractivity contribution >= 4 is 6.03 Å². The normalized spacial score (nSPS) is 13.6. The molecule has 0 heterocycles. The van der Waals surface area contributed by atoms with E-state index >= 15 is 0 Å². The van der Waals surface area contributed by atoms with Crippen LogP contribution in [0.25, 0.3) is 0 Å². The van der Waals surface area contributed by atoms with Gasteiger partial charge < -0.3 is 15.3 Å². The Kier molecular flexibility index (Phi) is 6.55. The van der Waals surface area contributed by atoms with Gasteiger partial charge in [0.15, 0.2) is 11.6 Å². The maximum absolute atomic E-state index is 13.1. The lowest BCUT2D eigenvalue weighted by atomic mass is 10.1. The van der Waals surface area contributed by atoms with Gasteiger partial charge in [-0.05, 0) is 44.4 Å². The van der Waals surface area contributed by atoms with Gasteiger partial charge in [0.05, 0.1) is 12.6 Å². The van der Waals surface area contributed by atoms with Crippen molar-refractivity contribution < 1.29 is 18.7 Å². The SMILES string of the molecule is CC(CCc1ccc(F)c(F)c1)NC(=O)N(C)C(C)CO. The lowest BCUT2D eigenvalue weighted by Gasteiger charge is -2.25. The average Bonchev–Trinajstić information content (AvgIpc) is 2.46. The van der Waals surface area contributed by atoms with Crippen molar-refractivity contribution in [3.05, 3.63) is 35.4 Å². The van der Waals surface area contributed by atoms with Gasteiger partial charge >= 0.3 is 6.03 Å². The van der Waals surface area contributed by atoms with Crippen LogP contribution in [0.15, 0.2) is 18.2 Å². The number of benzene rings is 1. The second-order valence-corrected chi connectivity index (χ2v) is 5.28. The van der Waals surface area contributed by atoms with Crippen LogP contribution in [-0.2, 0) is 6.42 Å². The molecule has 0 saturated carbocycles. The number of carbonyl (C=O) groups is 1. The summed E-state index contributed by atoms with van der Waals surface area (Å²) >= 11 is 0. The number of aryl methyl sites for hydroxylation is 1. The standard InChI is InChI=1S/C15H22F2N2O2/c1-10(18-15(21)19(3)11(2)9-20)4-5-12-6-7-13(16)14(17)8-12/h6-8,10-11,20H,4-5,9H2,1-3H3,(H,18,21). The van der Waals surface area contributed by atoms with Gasteiger partial charge in [-0.2, -0.15) is 0 Å². The van der Waals surface area contributed by atoms with Crippen LogP contribution in [0.5, 0.6) is 0 Å². The summed E-state index contributed by atoms with van der Waals surface area (Å²) in [4.78, 5) is 13.3. The van der Waals surface area contributed by atoms with Gasteiger partial charge in [0.1, 0.15) is 0 Å². The largest absolute Gasteiger partial charge is 0.394 e. The van der Waals surface area contributed by atoms with Gasteiger partial charge in [0, 0.05) is 13.1 Å². The van der Waals surface area contributed by atoms with Crippen molar-refractivity contribution in [3.8, 4) is 0 Å². The molecule has 0 saturated heterocycles. The molecule has 0 fully saturated rings. The van der Waals surface area contributed by atoms with E-state index in [0.717, 1.165) is 6.07 Å². The fourth-order valence-corrected chi connectivity index (χ4v) is 1.79. The van der Waals surface area contributed by atoms with Gasteiger partial charge in [-0.15, -0.1) is 0 Å². The van der Waals surface area contributed by atoms with E-state index in [1.54, 1.807) is 14.0 Å². The minimum Gasteiger partial charge on any atom is -0.394 e. The Labute approximate surface area is 123 Å². The zero-order valence-corrected chi connectivity index (χ0v) is 12.6. The highest BCUT2D eigenvalue weighted by Crippen LogP contribution is 2.11. The topological polar surface area (TPSA) is 52.6 Å². The monoisotopic (exact) mass is 300 g/mol. The fraction of sp³-hybridized carbons (Fsp3) is 0.533. The average molecular weight is 300 g/mol. The molecule has 0 aromatic heterocycles. The second kappa shape index (κ2) is 7.93. The Morgan fingerprint density at radius 2 is 2.00 bits per heavy atom. The number of hydrogen-bond donors (Lipinski definition) is 2. The highest BCUT2D eigenvalue weighted by molar-refractivity contribution is 5.74. The summed E-state index contributed by atoms with van der Waals surface area (Å²) < 4.78 is 25.9. The lowest BCUT2D eigenvalue weighted by molar-refractivity contribution is 0.155. The summed E-state index contributed by atoms with van der Waals surface area (Å²) in [6, 6.07) is 3.16. The van der Waals surface area contributed by atoms with E-state index in [0.29, 0.717) is 18.4 Å². The number of hydrogen-bond acceptors (Lipinski definition) is 2. The minimum atomic E-state index is -0.861. The number of rotatable bonds is 6. The Bertz CT molecular complexity index is 483. The van der Waals surface area contributed by atoms with E-state index in [9.17, 15) is 13.6 Å². The molecule has 4 nitrogen and oxygen atoms in total. The molecule has 0 aliphatic carbocycles. The molecule has 21 heavy (non-hydrogen) atoms. The van der Waals surface area contributed by atoms with Gasteiger partial charge in [0.2, 0.25) is 0 Å². The molecule has 2 unspecified atom stereocenters. The first-order valence-electron chi connectivity index (χ1n) is 6.93. The highest BCUT2D eigenvalue weighted by Gasteiger charge is 2.16. The third-order valence-electron chi connectivity index (χ3n) is 3.47. The molecule has 1 aromatic rings. The summed E-state index contributed by atoms with van der Waals surface area (Å²) in [5, 5.41) is 11.8. The van der Waals surface area contributed by atoms with Gasteiger partial charge in [-0.3, -0.25) is 0 Å². The third-order valence-corrected chi connectivity index (χ3v) is 3.47.